The molecule has 1 aliphatic heterocycles. The molecule has 1 fully saturated rings. The number of hydrogen-bond acceptors (Lipinski definition) is 5. The monoisotopic (exact) mass is 414 g/mol. The maximum absolute atomic E-state index is 13.3. The molecule has 0 spiro atoms. The molecule has 1 unspecified atom stereocenters. The van der Waals surface area contributed by atoms with Crippen molar-refractivity contribution in [1.82, 2.24) is 20.2 Å². The van der Waals surface area contributed by atoms with Crippen LogP contribution in [0.15, 0.2) is 36.7 Å². The van der Waals surface area contributed by atoms with Gasteiger partial charge in [0.05, 0.1) is 5.56 Å². The first-order valence-electron chi connectivity index (χ1n) is 10.3. The summed E-state index contributed by atoms with van der Waals surface area (Å²) >= 11 is 0. The lowest BCUT2D eigenvalue weighted by atomic mass is 10.2. The van der Waals surface area contributed by atoms with Crippen molar-refractivity contribution >= 4 is 11.8 Å². The van der Waals surface area contributed by atoms with Crippen molar-refractivity contribution in [3.05, 3.63) is 48.0 Å². The number of hydrogen-bond donors (Lipinski definition) is 1. The molecule has 3 rings (SSSR count). The highest BCUT2D eigenvalue weighted by Gasteiger charge is 2.32. The van der Waals surface area contributed by atoms with Crippen LogP contribution in [0, 0.1) is 5.82 Å². The lowest BCUT2D eigenvalue weighted by molar-refractivity contribution is -0.129. The molecular formula is C22H27FN4O3. The van der Waals surface area contributed by atoms with Crippen molar-refractivity contribution in [3.63, 3.8) is 0 Å². The van der Waals surface area contributed by atoms with Gasteiger partial charge >= 0.3 is 0 Å². The fraction of sp³-hybridized carbons (Fsp3) is 0.455. The molecule has 2 aromatic rings. The van der Waals surface area contributed by atoms with Crippen LogP contribution in [0.2, 0.25) is 0 Å². The van der Waals surface area contributed by atoms with Gasteiger partial charge in [-0.25, -0.2) is 14.4 Å². The van der Waals surface area contributed by atoms with Crippen molar-refractivity contribution in [2.24, 2.45) is 0 Å². The van der Waals surface area contributed by atoms with E-state index >= 15 is 0 Å². The number of unbranched alkanes of at least 4 members (excludes halogenated alkanes) is 1. The molecule has 1 aromatic heterocycles. The number of carbonyl (C=O) groups is 2. The highest BCUT2D eigenvalue weighted by Crippen LogP contribution is 2.16. The fourth-order valence-corrected chi connectivity index (χ4v) is 3.26. The zero-order valence-electron chi connectivity index (χ0n) is 17.1. The van der Waals surface area contributed by atoms with Crippen molar-refractivity contribution < 1.29 is 18.7 Å². The van der Waals surface area contributed by atoms with Crippen LogP contribution in [0.1, 0.15) is 43.0 Å². The Morgan fingerprint density at radius 3 is 2.77 bits per heavy atom. The molecule has 0 aliphatic carbocycles. The van der Waals surface area contributed by atoms with Gasteiger partial charge in [-0.15, -0.1) is 0 Å². The number of likely N-dealkylation sites (tertiary alicyclic amines) is 1. The average molecular weight is 414 g/mol. The smallest absolute Gasteiger partial charge is 0.255 e. The van der Waals surface area contributed by atoms with Gasteiger partial charge < -0.3 is 15.0 Å². The first-order chi connectivity index (χ1) is 14.6. The number of nitrogens with zero attached hydrogens (tertiary/aromatic N) is 3. The standard InChI is InChI=1S/C22H27FN4O3/c1-2-3-11-30-12-5-9-27-10-8-19(22(27)29)26-21(28)17-14-24-20(25-15-17)16-6-4-7-18(23)13-16/h4,6-7,13-15,19H,2-3,5,8-12H2,1H3,(H,26,28). The number of carbonyl (C=O) groups excluding carboxylic acids is 2. The number of ether oxygens (including phenoxy) is 1. The number of amides is 2. The van der Waals surface area contributed by atoms with E-state index in [0.717, 1.165) is 25.9 Å². The van der Waals surface area contributed by atoms with Crippen molar-refractivity contribution in [3.8, 4) is 11.4 Å². The summed E-state index contributed by atoms with van der Waals surface area (Å²) in [6.07, 6.45) is 6.27. The van der Waals surface area contributed by atoms with Gasteiger partial charge in [-0.2, -0.15) is 0 Å². The van der Waals surface area contributed by atoms with Crippen molar-refractivity contribution in [2.45, 2.75) is 38.6 Å². The first kappa shape index (κ1) is 21.8. The Labute approximate surface area is 175 Å². The molecule has 7 nitrogen and oxygen atoms in total. The van der Waals surface area contributed by atoms with Crippen molar-refractivity contribution in [1.29, 1.82) is 0 Å². The third kappa shape index (κ3) is 5.82. The summed E-state index contributed by atoms with van der Waals surface area (Å²) in [5.41, 5.74) is 0.785. The number of halogens is 1. The normalized spacial score (nSPS) is 16.1. The molecule has 2 heterocycles. The maximum Gasteiger partial charge on any atom is 0.255 e. The Hall–Kier alpha value is -2.87. The second-order valence-electron chi connectivity index (χ2n) is 7.27. The number of aromatic nitrogens is 2. The number of benzene rings is 1. The van der Waals surface area contributed by atoms with Crippen LogP contribution in [-0.2, 0) is 9.53 Å². The molecule has 1 aromatic carbocycles. The van der Waals surface area contributed by atoms with Gasteiger partial charge in [-0.05, 0) is 31.4 Å². The second-order valence-corrected chi connectivity index (χ2v) is 7.27. The fourth-order valence-electron chi connectivity index (χ4n) is 3.26. The van der Waals surface area contributed by atoms with E-state index in [1.807, 2.05) is 0 Å². The summed E-state index contributed by atoms with van der Waals surface area (Å²) in [4.78, 5) is 35.0. The van der Waals surface area contributed by atoms with E-state index in [9.17, 15) is 14.0 Å². The van der Waals surface area contributed by atoms with Gasteiger partial charge in [-0.3, -0.25) is 9.59 Å². The Balaban J connectivity index is 1.48. The highest BCUT2D eigenvalue weighted by molar-refractivity contribution is 5.97. The van der Waals surface area contributed by atoms with Gasteiger partial charge in [0.25, 0.3) is 5.91 Å². The summed E-state index contributed by atoms with van der Waals surface area (Å²) in [7, 11) is 0. The molecule has 1 aliphatic rings. The molecule has 30 heavy (non-hydrogen) atoms. The Kier molecular flexibility index (Phi) is 7.84. The van der Waals surface area contributed by atoms with Gasteiger partial charge in [0.1, 0.15) is 11.9 Å². The van der Waals surface area contributed by atoms with Crippen molar-refractivity contribution in [2.75, 3.05) is 26.3 Å². The van der Waals surface area contributed by atoms with E-state index in [-0.39, 0.29) is 17.3 Å². The van der Waals surface area contributed by atoms with Crippen LogP contribution >= 0.6 is 0 Å². The molecule has 0 bridgehead atoms. The summed E-state index contributed by atoms with van der Waals surface area (Å²) in [5, 5.41) is 2.76. The van der Waals surface area contributed by atoms with E-state index in [0.29, 0.717) is 37.5 Å². The molecular weight excluding hydrogens is 387 g/mol. The van der Waals surface area contributed by atoms with Crippen LogP contribution in [-0.4, -0.2) is 59.0 Å². The quantitative estimate of drug-likeness (QED) is 0.605. The lowest BCUT2D eigenvalue weighted by Crippen LogP contribution is -2.41. The second kappa shape index (κ2) is 10.8. The SMILES string of the molecule is CCCCOCCCN1CCC(NC(=O)c2cnc(-c3cccc(F)c3)nc2)C1=O. The predicted molar refractivity (Wildman–Crippen MR) is 110 cm³/mol. The molecule has 1 saturated heterocycles. The zero-order chi connectivity index (χ0) is 21.3. The van der Waals surface area contributed by atoms with Gasteiger partial charge in [-0.1, -0.05) is 25.5 Å². The lowest BCUT2D eigenvalue weighted by Gasteiger charge is -2.17. The van der Waals surface area contributed by atoms with E-state index in [1.165, 1.54) is 24.5 Å². The molecule has 0 radical (unpaired) electrons. The van der Waals surface area contributed by atoms with Crippen LogP contribution in [0.4, 0.5) is 4.39 Å². The third-order valence-corrected chi connectivity index (χ3v) is 4.96. The van der Waals surface area contributed by atoms with E-state index in [4.69, 9.17) is 4.74 Å². The number of rotatable bonds is 10. The minimum atomic E-state index is -0.540. The van der Waals surface area contributed by atoms with Crippen LogP contribution in [0.25, 0.3) is 11.4 Å². The average Bonchev–Trinajstić information content (AvgIpc) is 3.10. The highest BCUT2D eigenvalue weighted by atomic mass is 19.1. The Morgan fingerprint density at radius 2 is 2.03 bits per heavy atom. The summed E-state index contributed by atoms with van der Waals surface area (Å²) in [5.74, 6) is -0.525. The van der Waals surface area contributed by atoms with Gasteiger partial charge in [0.15, 0.2) is 5.82 Å². The topological polar surface area (TPSA) is 84.4 Å². The maximum atomic E-state index is 13.3. The predicted octanol–water partition coefficient (Wildman–Crippen LogP) is 2.82. The van der Waals surface area contributed by atoms with Crippen LogP contribution < -0.4 is 5.32 Å². The number of nitrogens with one attached hydrogen (secondary N) is 1. The molecule has 1 atom stereocenters. The Bertz CT molecular complexity index is 860. The molecule has 8 heteroatoms. The molecule has 160 valence electrons. The third-order valence-electron chi connectivity index (χ3n) is 4.96. The Morgan fingerprint density at radius 1 is 1.27 bits per heavy atom. The zero-order valence-corrected chi connectivity index (χ0v) is 17.1. The van der Waals surface area contributed by atoms with E-state index in [2.05, 4.69) is 22.2 Å². The molecule has 1 N–H and O–H groups in total. The summed E-state index contributed by atoms with van der Waals surface area (Å²) in [6, 6.07) is 5.39. The molecule has 2 amide bonds. The summed E-state index contributed by atoms with van der Waals surface area (Å²) in [6.45, 7) is 4.75. The van der Waals surface area contributed by atoms with Crippen LogP contribution in [0.3, 0.4) is 0 Å². The first-order valence-corrected chi connectivity index (χ1v) is 10.3. The minimum Gasteiger partial charge on any atom is -0.381 e. The van der Waals surface area contributed by atoms with E-state index < -0.39 is 11.9 Å². The van der Waals surface area contributed by atoms with Gasteiger partial charge in [0, 0.05) is 44.3 Å². The van der Waals surface area contributed by atoms with Gasteiger partial charge in [0.2, 0.25) is 5.91 Å². The van der Waals surface area contributed by atoms with Crippen LogP contribution in [0.5, 0.6) is 0 Å². The molecule has 0 saturated carbocycles. The summed E-state index contributed by atoms with van der Waals surface area (Å²) < 4.78 is 18.9. The largest absolute Gasteiger partial charge is 0.381 e. The van der Waals surface area contributed by atoms with E-state index in [1.54, 1.807) is 17.0 Å². The minimum absolute atomic E-state index is 0.0748.